The van der Waals surface area contributed by atoms with E-state index in [4.69, 9.17) is 5.10 Å². The van der Waals surface area contributed by atoms with Crippen LogP contribution < -0.4 is 4.80 Å². The van der Waals surface area contributed by atoms with Crippen LogP contribution in [0.5, 0.6) is 0 Å². The highest BCUT2D eigenvalue weighted by atomic mass is 79.9. The van der Waals surface area contributed by atoms with Crippen LogP contribution >= 0.6 is 27.3 Å². The van der Waals surface area contributed by atoms with Gasteiger partial charge in [-0.3, -0.25) is 4.99 Å². The molecule has 0 aliphatic carbocycles. The molecule has 0 N–H and O–H groups in total. The smallest absolute Gasteiger partial charge is 0.205 e. The van der Waals surface area contributed by atoms with Gasteiger partial charge in [0.1, 0.15) is 0 Å². The lowest BCUT2D eigenvalue weighted by molar-refractivity contribution is 0.848. The molecular weight excluding hydrogens is 430 g/mol. The second-order valence-corrected chi connectivity index (χ2v) is 7.84. The fourth-order valence-electron chi connectivity index (χ4n) is 2.92. The Morgan fingerprint density at radius 1 is 0.821 bits per heavy atom. The summed E-state index contributed by atoms with van der Waals surface area (Å²) in [4.78, 5) is 5.22. The van der Waals surface area contributed by atoms with Gasteiger partial charge in [0, 0.05) is 28.0 Å². The van der Waals surface area contributed by atoms with Gasteiger partial charge in [0.2, 0.25) is 4.80 Å². The maximum atomic E-state index is 4.70. The van der Waals surface area contributed by atoms with E-state index in [-0.39, 0.29) is 0 Å². The van der Waals surface area contributed by atoms with Crippen molar-refractivity contribution in [2.75, 3.05) is 7.05 Å². The average Bonchev–Trinajstić information content (AvgIpc) is 3.17. The summed E-state index contributed by atoms with van der Waals surface area (Å²) in [5.74, 6) is 0. The maximum Gasteiger partial charge on any atom is 0.205 e. The van der Waals surface area contributed by atoms with Gasteiger partial charge in [0.15, 0.2) is 0 Å². The first-order valence-corrected chi connectivity index (χ1v) is 10.5. The predicted molar refractivity (Wildman–Crippen MR) is 122 cm³/mol. The molecule has 0 spiro atoms. The fourth-order valence-corrected chi connectivity index (χ4v) is 4.12. The number of rotatable bonds is 4. The monoisotopic (exact) mass is 447 g/mol. The minimum atomic E-state index is 0.852. The summed E-state index contributed by atoms with van der Waals surface area (Å²) in [6.45, 7) is 0. The van der Waals surface area contributed by atoms with E-state index in [1.54, 1.807) is 18.4 Å². The highest BCUT2D eigenvalue weighted by molar-refractivity contribution is 9.10. The van der Waals surface area contributed by atoms with Gasteiger partial charge in [-0.05, 0) is 17.2 Å². The van der Waals surface area contributed by atoms with E-state index in [1.165, 1.54) is 11.1 Å². The van der Waals surface area contributed by atoms with Crippen LogP contribution in [0.1, 0.15) is 5.56 Å². The van der Waals surface area contributed by atoms with Gasteiger partial charge >= 0.3 is 0 Å². The van der Waals surface area contributed by atoms with Gasteiger partial charge in [0.05, 0.1) is 11.9 Å². The third-order valence-electron chi connectivity index (χ3n) is 4.38. The second kappa shape index (κ2) is 8.50. The quantitative estimate of drug-likeness (QED) is 0.340. The number of nitrogens with zero attached hydrogens (tertiary/aromatic N) is 3. The van der Waals surface area contributed by atoms with E-state index in [0.717, 1.165) is 26.1 Å². The van der Waals surface area contributed by atoms with Crippen molar-refractivity contribution in [3.8, 4) is 22.4 Å². The number of benzene rings is 3. The van der Waals surface area contributed by atoms with E-state index < -0.39 is 0 Å². The van der Waals surface area contributed by atoms with Crippen LogP contribution in [0.2, 0.25) is 0 Å². The van der Waals surface area contributed by atoms with Crippen molar-refractivity contribution in [3.05, 3.63) is 99.1 Å². The van der Waals surface area contributed by atoms with Crippen molar-refractivity contribution in [2.45, 2.75) is 0 Å². The average molecular weight is 448 g/mol. The van der Waals surface area contributed by atoms with Crippen molar-refractivity contribution >= 4 is 33.5 Å². The summed E-state index contributed by atoms with van der Waals surface area (Å²) in [6.07, 6.45) is 1.85. The van der Waals surface area contributed by atoms with Crippen molar-refractivity contribution in [2.24, 2.45) is 10.1 Å². The molecule has 0 radical (unpaired) electrons. The van der Waals surface area contributed by atoms with Crippen LogP contribution in [0, 0.1) is 0 Å². The molecule has 3 nitrogen and oxygen atoms in total. The summed E-state index contributed by atoms with van der Waals surface area (Å²) in [6, 6.07) is 27.0. The van der Waals surface area contributed by atoms with Crippen molar-refractivity contribution < 1.29 is 0 Å². The van der Waals surface area contributed by atoms with E-state index >= 15 is 0 Å². The van der Waals surface area contributed by atoms with Gasteiger partial charge in [-0.25, -0.2) is 4.68 Å². The number of hydrogen-bond donors (Lipinski definition) is 0. The fraction of sp³-hybridized carbons (Fsp3) is 0.0435. The van der Waals surface area contributed by atoms with Crippen LogP contribution in [0.25, 0.3) is 22.4 Å². The first-order chi connectivity index (χ1) is 13.8. The van der Waals surface area contributed by atoms with Gasteiger partial charge in [-0.2, -0.15) is 5.10 Å². The molecule has 0 atom stereocenters. The van der Waals surface area contributed by atoms with E-state index in [9.17, 15) is 0 Å². The molecule has 0 unspecified atom stereocenters. The molecule has 3 aromatic carbocycles. The second-order valence-electron chi connectivity index (χ2n) is 6.15. The Balaban J connectivity index is 1.71. The normalized spacial score (nSPS) is 12.0. The Morgan fingerprint density at radius 3 is 2.18 bits per heavy atom. The first-order valence-electron chi connectivity index (χ1n) is 8.84. The third-order valence-corrected chi connectivity index (χ3v) is 6.01. The molecule has 1 aromatic heterocycles. The van der Waals surface area contributed by atoms with E-state index in [2.05, 4.69) is 74.8 Å². The van der Waals surface area contributed by atoms with Crippen LogP contribution in [-0.4, -0.2) is 17.9 Å². The highest BCUT2D eigenvalue weighted by Gasteiger charge is 2.08. The lowest BCUT2D eigenvalue weighted by Gasteiger charge is -2.06. The zero-order valence-corrected chi connectivity index (χ0v) is 17.7. The lowest BCUT2D eigenvalue weighted by atomic mass is 10.0. The molecule has 0 fully saturated rings. The Morgan fingerprint density at radius 2 is 1.46 bits per heavy atom. The molecule has 0 saturated carbocycles. The van der Waals surface area contributed by atoms with Gasteiger partial charge < -0.3 is 0 Å². The number of thiazole rings is 1. The number of hydrogen-bond acceptors (Lipinski definition) is 3. The van der Waals surface area contributed by atoms with Crippen molar-refractivity contribution in [3.63, 3.8) is 0 Å². The Bertz CT molecular complexity index is 1170. The molecule has 28 heavy (non-hydrogen) atoms. The van der Waals surface area contributed by atoms with Crippen LogP contribution in [0.4, 0.5) is 0 Å². The van der Waals surface area contributed by atoms with Gasteiger partial charge in [-0.15, -0.1) is 11.3 Å². The first kappa shape index (κ1) is 18.6. The third kappa shape index (κ3) is 3.91. The van der Waals surface area contributed by atoms with Gasteiger partial charge in [-0.1, -0.05) is 88.7 Å². The standard InChI is InChI=1S/C23H18BrN3S/c1-25-23-27(26-15-20-9-5-6-10-21(20)24)22(16-28-23)19-13-11-18(12-14-19)17-7-3-2-4-8-17/h2-16H,1H3/b25-23?,26-15-. The van der Waals surface area contributed by atoms with E-state index in [0.29, 0.717) is 0 Å². The molecule has 0 aliphatic heterocycles. The molecule has 0 aliphatic rings. The molecule has 138 valence electrons. The molecule has 4 aromatic rings. The molecule has 0 amide bonds. The topological polar surface area (TPSA) is 29.6 Å². The summed E-state index contributed by atoms with van der Waals surface area (Å²) >= 11 is 5.15. The van der Waals surface area contributed by atoms with Crippen LogP contribution in [-0.2, 0) is 0 Å². The highest BCUT2D eigenvalue weighted by Crippen LogP contribution is 2.25. The number of halogens is 1. The summed E-state index contributed by atoms with van der Waals surface area (Å²) in [7, 11) is 1.79. The zero-order valence-electron chi connectivity index (χ0n) is 15.3. The molecule has 0 bridgehead atoms. The molecular formula is C23H18BrN3S. The van der Waals surface area contributed by atoms with Crippen molar-refractivity contribution in [1.29, 1.82) is 0 Å². The zero-order chi connectivity index (χ0) is 19.3. The molecule has 4 rings (SSSR count). The molecule has 1 heterocycles. The van der Waals surface area contributed by atoms with Gasteiger partial charge in [0.25, 0.3) is 0 Å². The van der Waals surface area contributed by atoms with Crippen molar-refractivity contribution in [1.82, 2.24) is 4.68 Å². The minimum absolute atomic E-state index is 0.852. The predicted octanol–water partition coefficient (Wildman–Crippen LogP) is 6.06. The Kier molecular flexibility index (Phi) is 5.65. The summed E-state index contributed by atoms with van der Waals surface area (Å²) < 4.78 is 2.90. The van der Waals surface area contributed by atoms with Crippen LogP contribution in [0.3, 0.4) is 0 Å². The Hall–Kier alpha value is -2.76. The maximum absolute atomic E-state index is 4.70. The molecule has 0 saturated heterocycles. The molecule has 5 heteroatoms. The Labute approximate surface area is 176 Å². The summed E-state index contributed by atoms with van der Waals surface area (Å²) in [5, 5.41) is 6.80. The lowest BCUT2D eigenvalue weighted by Crippen LogP contribution is -2.11. The van der Waals surface area contributed by atoms with E-state index in [1.807, 2.05) is 41.2 Å². The largest absolute Gasteiger partial charge is 0.261 e. The summed E-state index contributed by atoms with van der Waals surface area (Å²) in [5.41, 5.74) is 5.56. The van der Waals surface area contributed by atoms with Crippen LogP contribution in [0.15, 0.2) is 98.8 Å². The SMILES string of the molecule is CN=c1scc(-c2ccc(-c3ccccc3)cc2)n1/N=C\c1ccccc1Br. The number of aromatic nitrogens is 1. The minimum Gasteiger partial charge on any atom is -0.261 e.